The molecule has 0 aliphatic carbocycles. The van der Waals surface area contributed by atoms with Crippen LogP contribution in [0.3, 0.4) is 0 Å². The second-order valence-corrected chi connectivity index (χ2v) is 5.15. The summed E-state index contributed by atoms with van der Waals surface area (Å²) < 4.78 is 0. The van der Waals surface area contributed by atoms with Crippen LogP contribution in [0.5, 0.6) is 0 Å². The highest BCUT2D eigenvalue weighted by molar-refractivity contribution is 5.92. The first-order valence-corrected chi connectivity index (χ1v) is 7.30. The Balaban J connectivity index is 2.52. The van der Waals surface area contributed by atoms with E-state index in [1.54, 1.807) is 11.9 Å². The lowest BCUT2D eigenvalue weighted by Crippen LogP contribution is -2.32. The van der Waals surface area contributed by atoms with Gasteiger partial charge in [0.05, 0.1) is 17.4 Å². The van der Waals surface area contributed by atoms with Crippen molar-refractivity contribution >= 4 is 17.4 Å². The molecule has 0 spiro atoms. The Kier molecular flexibility index (Phi) is 4.91. The van der Waals surface area contributed by atoms with E-state index >= 15 is 0 Å². The van der Waals surface area contributed by atoms with Gasteiger partial charge in [0, 0.05) is 19.7 Å². The van der Waals surface area contributed by atoms with E-state index in [0.717, 1.165) is 5.69 Å². The van der Waals surface area contributed by atoms with Crippen molar-refractivity contribution in [2.75, 3.05) is 17.3 Å². The molecule has 1 aromatic carbocycles. The Morgan fingerprint density at radius 3 is 2.48 bits per heavy atom. The second kappa shape index (κ2) is 6.88. The molecular formula is C17H19N5O. The minimum atomic E-state index is -0.333. The van der Waals surface area contributed by atoms with E-state index in [1.807, 2.05) is 50.2 Å². The number of nitriles is 1. The first-order chi connectivity index (χ1) is 11.0. The number of benzene rings is 1. The number of aromatic nitrogens is 2. The van der Waals surface area contributed by atoms with Crippen molar-refractivity contribution in [2.45, 2.75) is 26.8 Å². The van der Waals surface area contributed by atoms with E-state index in [0.29, 0.717) is 17.2 Å². The summed E-state index contributed by atoms with van der Waals surface area (Å²) in [4.78, 5) is 22.6. The van der Waals surface area contributed by atoms with Gasteiger partial charge in [0.25, 0.3) is 0 Å². The van der Waals surface area contributed by atoms with Gasteiger partial charge >= 0.3 is 0 Å². The lowest BCUT2D eigenvalue weighted by molar-refractivity contribution is -0.117. The molecule has 1 heterocycles. The van der Waals surface area contributed by atoms with E-state index in [9.17, 15) is 10.1 Å². The summed E-state index contributed by atoms with van der Waals surface area (Å²) in [6.45, 7) is 5.22. The van der Waals surface area contributed by atoms with Gasteiger partial charge in [-0.2, -0.15) is 5.26 Å². The van der Waals surface area contributed by atoms with Gasteiger partial charge in [-0.25, -0.2) is 9.97 Å². The van der Waals surface area contributed by atoms with Gasteiger partial charge in [0.1, 0.15) is 6.07 Å². The molecule has 0 aliphatic heterocycles. The lowest BCUT2D eigenvalue weighted by Gasteiger charge is -2.28. The van der Waals surface area contributed by atoms with Gasteiger partial charge in [-0.3, -0.25) is 4.79 Å². The van der Waals surface area contributed by atoms with E-state index in [-0.39, 0.29) is 17.6 Å². The third kappa shape index (κ3) is 3.29. The van der Waals surface area contributed by atoms with Crippen LogP contribution in [0.1, 0.15) is 37.0 Å². The summed E-state index contributed by atoms with van der Waals surface area (Å²) in [5.74, 6) is 0.344. The second-order valence-electron chi connectivity index (χ2n) is 5.15. The Hall–Kier alpha value is -2.94. The third-order valence-corrected chi connectivity index (χ3v) is 3.61. The molecule has 2 aromatic rings. The van der Waals surface area contributed by atoms with E-state index in [4.69, 9.17) is 0 Å². The molecule has 6 heteroatoms. The van der Waals surface area contributed by atoms with E-state index < -0.39 is 0 Å². The van der Waals surface area contributed by atoms with Gasteiger partial charge in [-0.1, -0.05) is 18.2 Å². The van der Waals surface area contributed by atoms with Crippen LogP contribution in [0.2, 0.25) is 0 Å². The largest absolute Gasteiger partial charge is 0.371 e. The summed E-state index contributed by atoms with van der Waals surface area (Å²) in [6, 6.07) is 11.1. The number of carbonyl (C=O) groups is 1. The zero-order valence-electron chi connectivity index (χ0n) is 13.7. The number of aryl methyl sites for hydroxylation is 1. The standard InChI is InChI=1S/C17H19N5O/c1-11-16(21-15(10-18)17(19-4)20-11)12(2)22(13(3)23)14-8-6-5-7-9-14/h5-9,12H,1-4H3,(H,19,20). The minimum absolute atomic E-state index is 0.0962. The lowest BCUT2D eigenvalue weighted by atomic mass is 10.1. The monoisotopic (exact) mass is 309 g/mol. The molecule has 0 saturated carbocycles. The molecule has 1 aromatic heterocycles. The summed E-state index contributed by atoms with van der Waals surface area (Å²) in [5, 5.41) is 12.1. The van der Waals surface area contributed by atoms with Crippen molar-refractivity contribution in [3.05, 3.63) is 47.4 Å². The number of nitrogens with one attached hydrogen (secondary N) is 1. The van der Waals surface area contributed by atoms with E-state index in [1.165, 1.54) is 6.92 Å². The van der Waals surface area contributed by atoms with Gasteiger partial charge in [0.15, 0.2) is 11.5 Å². The first kappa shape index (κ1) is 16.4. The highest BCUT2D eigenvalue weighted by Crippen LogP contribution is 2.28. The smallest absolute Gasteiger partial charge is 0.224 e. The number of amides is 1. The molecular weight excluding hydrogens is 290 g/mol. The number of hydrogen-bond acceptors (Lipinski definition) is 5. The summed E-state index contributed by atoms with van der Waals surface area (Å²) in [5.41, 5.74) is 2.30. The fraction of sp³-hybridized carbons (Fsp3) is 0.294. The number of para-hydroxylation sites is 1. The molecule has 2 rings (SSSR count). The Bertz CT molecular complexity index is 752. The average Bonchev–Trinajstić information content (AvgIpc) is 2.55. The molecule has 23 heavy (non-hydrogen) atoms. The van der Waals surface area contributed by atoms with Crippen molar-refractivity contribution in [3.63, 3.8) is 0 Å². The van der Waals surface area contributed by atoms with Crippen LogP contribution in [0.4, 0.5) is 11.5 Å². The third-order valence-electron chi connectivity index (χ3n) is 3.61. The summed E-state index contributed by atoms with van der Waals surface area (Å²) >= 11 is 0. The molecule has 0 bridgehead atoms. The van der Waals surface area contributed by atoms with Crippen molar-refractivity contribution < 1.29 is 4.79 Å². The fourth-order valence-electron chi connectivity index (χ4n) is 2.57. The zero-order valence-corrected chi connectivity index (χ0v) is 13.7. The van der Waals surface area contributed by atoms with Crippen molar-refractivity contribution in [3.8, 4) is 6.07 Å². The highest BCUT2D eigenvalue weighted by atomic mass is 16.2. The molecule has 0 fully saturated rings. The number of rotatable bonds is 4. The van der Waals surface area contributed by atoms with Crippen LogP contribution >= 0.6 is 0 Å². The zero-order chi connectivity index (χ0) is 17.0. The summed E-state index contributed by atoms with van der Waals surface area (Å²) in [7, 11) is 1.69. The van der Waals surface area contributed by atoms with Gasteiger partial charge < -0.3 is 10.2 Å². The number of nitrogens with zero attached hydrogens (tertiary/aromatic N) is 4. The maximum absolute atomic E-state index is 12.1. The Labute approximate surface area is 135 Å². The summed E-state index contributed by atoms with van der Waals surface area (Å²) in [6.07, 6.45) is 0. The van der Waals surface area contributed by atoms with Crippen LogP contribution in [0.15, 0.2) is 30.3 Å². The minimum Gasteiger partial charge on any atom is -0.371 e. The van der Waals surface area contributed by atoms with Crippen molar-refractivity contribution in [1.29, 1.82) is 5.26 Å². The van der Waals surface area contributed by atoms with Crippen LogP contribution in [-0.4, -0.2) is 22.9 Å². The fourth-order valence-corrected chi connectivity index (χ4v) is 2.57. The molecule has 0 radical (unpaired) electrons. The quantitative estimate of drug-likeness (QED) is 0.939. The van der Waals surface area contributed by atoms with Crippen LogP contribution in [0, 0.1) is 18.3 Å². The molecule has 1 unspecified atom stereocenters. The average molecular weight is 309 g/mol. The van der Waals surface area contributed by atoms with Crippen LogP contribution < -0.4 is 10.2 Å². The number of anilines is 2. The van der Waals surface area contributed by atoms with Crippen molar-refractivity contribution in [1.82, 2.24) is 9.97 Å². The highest BCUT2D eigenvalue weighted by Gasteiger charge is 2.24. The molecule has 118 valence electrons. The molecule has 1 amide bonds. The number of hydrogen-bond donors (Lipinski definition) is 1. The normalized spacial score (nSPS) is 11.4. The molecule has 0 saturated heterocycles. The predicted molar refractivity (Wildman–Crippen MR) is 89.0 cm³/mol. The van der Waals surface area contributed by atoms with Crippen LogP contribution in [-0.2, 0) is 4.79 Å². The number of carbonyl (C=O) groups excluding carboxylic acids is 1. The molecule has 1 N–H and O–H groups in total. The first-order valence-electron chi connectivity index (χ1n) is 7.30. The molecule has 0 aliphatic rings. The molecule has 1 atom stereocenters. The van der Waals surface area contributed by atoms with Crippen molar-refractivity contribution in [2.24, 2.45) is 0 Å². The molecule has 6 nitrogen and oxygen atoms in total. The Morgan fingerprint density at radius 2 is 1.96 bits per heavy atom. The van der Waals surface area contributed by atoms with E-state index in [2.05, 4.69) is 15.3 Å². The SMILES string of the molecule is CNc1nc(C)c(C(C)N(C(C)=O)c2ccccc2)nc1C#N. The maximum Gasteiger partial charge on any atom is 0.224 e. The Morgan fingerprint density at radius 1 is 1.30 bits per heavy atom. The maximum atomic E-state index is 12.1. The van der Waals surface area contributed by atoms with Gasteiger partial charge in [0.2, 0.25) is 5.91 Å². The predicted octanol–water partition coefficient (Wildman–Crippen LogP) is 2.81. The van der Waals surface area contributed by atoms with Crippen LogP contribution in [0.25, 0.3) is 0 Å². The topological polar surface area (TPSA) is 81.9 Å². The van der Waals surface area contributed by atoms with Gasteiger partial charge in [-0.15, -0.1) is 0 Å². The van der Waals surface area contributed by atoms with Gasteiger partial charge in [-0.05, 0) is 26.0 Å².